The third kappa shape index (κ3) is 6.63. The first-order chi connectivity index (χ1) is 13.8. The van der Waals surface area contributed by atoms with E-state index in [1.165, 1.54) is 0 Å². The minimum absolute atomic E-state index is 0.0597. The highest BCUT2D eigenvalue weighted by molar-refractivity contribution is 5.88. The topological polar surface area (TPSA) is 58.6 Å². The summed E-state index contributed by atoms with van der Waals surface area (Å²) in [6.45, 7) is 9.93. The van der Waals surface area contributed by atoms with Crippen LogP contribution >= 0.6 is 0 Å². The van der Waals surface area contributed by atoms with Crippen LogP contribution in [0.25, 0.3) is 0 Å². The fourth-order valence-corrected chi connectivity index (χ4v) is 2.88. The van der Waals surface area contributed by atoms with Crippen LogP contribution in [0.2, 0.25) is 0 Å². The number of ether oxygens (including phenoxy) is 1. The summed E-state index contributed by atoms with van der Waals surface area (Å²) in [4.78, 5) is 27.3. The van der Waals surface area contributed by atoms with Gasteiger partial charge in [0.1, 0.15) is 11.8 Å². The molecule has 2 aromatic rings. The van der Waals surface area contributed by atoms with E-state index in [9.17, 15) is 9.59 Å². The third-order valence-corrected chi connectivity index (χ3v) is 5.09. The molecule has 0 heterocycles. The van der Waals surface area contributed by atoms with Crippen molar-refractivity contribution in [3.8, 4) is 5.75 Å². The van der Waals surface area contributed by atoms with Crippen molar-refractivity contribution >= 4 is 11.8 Å². The van der Waals surface area contributed by atoms with Gasteiger partial charge in [0, 0.05) is 12.6 Å². The van der Waals surface area contributed by atoms with Gasteiger partial charge in [-0.15, -0.1) is 0 Å². The smallest absolute Gasteiger partial charge is 0.261 e. The fourth-order valence-electron chi connectivity index (χ4n) is 2.88. The Morgan fingerprint density at radius 3 is 2.31 bits per heavy atom. The van der Waals surface area contributed by atoms with Gasteiger partial charge in [-0.3, -0.25) is 9.59 Å². The lowest BCUT2D eigenvalue weighted by molar-refractivity contribution is -0.142. The van der Waals surface area contributed by atoms with E-state index in [0.717, 1.165) is 23.1 Å². The van der Waals surface area contributed by atoms with Gasteiger partial charge in [0.05, 0.1) is 0 Å². The zero-order valence-electron chi connectivity index (χ0n) is 18.1. The summed E-state index contributed by atoms with van der Waals surface area (Å²) >= 11 is 0. The quantitative estimate of drug-likeness (QED) is 0.697. The molecule has 0 fully saturated rings. The highest BCUT2D eigenvalue weighted by atomic mass is 16.5. The van der Waals surface area contributed by atoms with Crippen LogP contribution in [0.4, 0.5) is 0 Å². The van der Waals surface area contributed by atoms with E-state index < -0.39 is 6.04 Å². The largest absolute Gasteiger partial charge is 0.484 e. The Hall–Kier alpha value is -2.82. The number of carbonyl (C=O) groups is 2. The summed E-state index contributed by atoms with van der Waals surface area (Å²) in [5.74, 6) is 0.296. The lowest BCUT2D eigenvalue weighted by Crippen LogP contribution is -2.50. The molecule has 2 amide bonds. The Morgan fingerprint density at radius 1 is 1.03 bits per heavy atom. The van der Waals surface area contributed by atoms with Crippen molar-refractivity contribution in [2.45, 2.75) is 59.7 Å². The molecule has 5 nitrogen and oxygen atoms in total. The van der Waals surface area contributed by atoms with Crippen LogP contribution in [0.3, 0.4) is 0 Å². The fraction of sp³-hybridized carbons (Fsp3) is 0.417. The van der Waals surface area contributed by atoms with Crippen LogP contribution in [0.5, 0.6) is 5.75 Å². The molecule has 29 heavy (non-hydrogen) atoms. The summed E-state index contributed by atoms with van der Waals surface area (Å²) in [7, 11) is 0. The van der Waals surface area contributed by atoms with Gasteiger partial charge in [0.25, 0.3) is 5.91 Å². The minimum atomic E-state index is -0.599. The van der Waals surface area contributed by atoms with Gasteiger partial charge in [0.15, 0.2) is 6.61 Å². The van der Waals surface area contributed by atoms with E-state index >= 15 is 0 Å². The average molecular weight is 397 g/mol. The van der Waals surface area contributed by atoms with Gasteiger partial charge in [-0.2, -0.15) is 0 Å². The van der Waals surface area contributed by atoms with Crippen LogP contribution in [-0.2, 0) is 16.1 Å². The lowest BCUT2D eigenvalue weighted by Gasteiger charge is -2.29. The second-order valence-corrected chi connectivity index (χ2v) is 7.56. The van der Waals surface area contributed by atoms with Crippen LogP contribution in [-0.4, -0.2) is 35.4 Å². The highest BCUT2D eigenvalue weighted by Gasteiger charge is 2.27. The summed E-state index contributed by atoms with van der Waals surface area (Å²) in [5, 5.41) is 2.97. The van der Waals surface area contributed by atoms with Crippen molar-refractivity contribution in [3.63, 3.8) is 0 Å². The maximum absolute atomic E-state index is 13.0. The van der Waals surface area contributed by atoms with E-state index in [2.05, 4.69) is 5.32 Å². The number of carbonyl (C=O) groups excluding carboxylic acids is 2. The van der Waals surface area contributed by atoms with Gasteiger partial charge in [-0.25, -0.2) is 0 Å². The average Bonchev–Trinajstić information content (AvgIpc) is 2.71. The molecule has 0 aliphatic carbocycles. The van der Waals surface area contributed by atoms with Gasteiger partial charge >= 0.3 is 0 Å². The molecule has 0 spiro atoms. The van der Waals surface area contributed by atoms with E-state index in [4.69, 9.17) is 4.74 Å². The van der Waals surface area contributed by atoms with E-state index in [1.54, 1.807) is 11.8 Å². The molecule has 2 atom stereocenters. The predicted molar refractivity (Wildman–Crippen MR) is 116 cm³/mol. The Kier molecular flexibility index (Phi) is 8.25. The number of benzene rings is 2. The van der Waals surface area contributed by atoms with Crippen molar-refractivity contribution in [1.82, 2.24) is 10.2 Å². The number of aryl methyl sites for hydroxylation is 2. The molecule has 0 aliphatic heterocycles. The molecule has 1 N–H and O–H groups in total. The Balaban J connectivity index is 2.15. The van der Waals surface area contributed by atoms with Crippen LogP contribution in [0.15, 0.2) is 48.5 Å². The first-order valence-electron chi connectivity index (χ1n) is 10.2. The van der Waals surface area contributed by atoms with Gasteiger partial charge < -0.3 is 15.0 Å². The number of rotatable bonds is 9. The number of nitrogens with zero attached hydrogens (tertiary/aromatic N) is 1. The molecule has 5 heteroatoms. The van der Waals surface area contributed by atoms with E-state index in [0.29, 0.717) is 12.3 Å². The van der Waals surface area contributed by atoms with Crippen molar-refractivity contribution in [2.24, 2.45) is 0 Å². The predicted octanol–water partition coefficient (Wildman–Crippen LogP) is 4.01. The van der Waals surface area contributed by atoms with Gasteiger partial charge in [-0.05, 0) is 51.3 Å². The van der Waals surface area contributed by atoms with E-state index in [1.807, 2.05) is 76.2 Å². The normalized spacial score (nSPS) is 12.7. The molecular weight excluding hydrogens is 364 g/mol. The van der Waals surface area contributed by atoms with Crippen LogP contribution < -0.4 is 10.1 Å². The Labute approximate surface area is 174 Å². The van der Waals surface area contributed by atoms with Crippen LogP contribution in [0.1, 0.15) is 43.9 Å². The molecule has 0 saturated carbocycles. The zero-order chi connectivity index (χ0) is 21.4. The summed E-state index contributed by atoms with van der Waals surface area (Å²) in [5.41, 5.74) is 3.09. The molecule has 0 saturated heterocycles. The number of nitrogens with one attached hydrogen (secondary N) is 1. The van der Waals surface area contributed by atoms with Crippen molar-refractivity contribution in [3.05, 3.63) is 65.2 Å². The summed E-state index contributed by atoms with van der Waals surface area (Å²) < 4.78 is 5.75. The second-order valence-electron chi connectivity index (χ2n) is 7.56. The number of hydrogen-bond acceptors (Lipinski definition) is 3. The maximum atomic E-state index is 13.0. The Morgan fingerprint density at radius 2 is 1.69 bits per heavy atom. The summed E-state index contributed by atoms with van der Waals surface area (Å²) in [6, 6.07) is 15.0. The molecule has 2 rings (SSSR count). The maximum Gasteiger partial charge on any atom is 0.261 e. The molecule has 0 aliphatic rings. The monoisotopic (exact) mass is 396 g/mol. The van der Waals surface area contributed by atoms with Gasteiger partial charge in [-0.1, -0.05) is 55.0 Å². The molecule has 0 radical (unpaired) electrons. The van der Waals surface area contributed by atoms with Crippen molar-refractivity contribution < 1.29 is 14.3 Å². The number of hydrogen-bond donors (Lipinski definition) is 1. The molecular formula is C24H32N2O3. The minimum Gasteiger partial charge on any atom is -0.484 e. The lowest BCUT2D eigenvalue weighted by atomic mass is 10.1. The highest BCUT2D eigenvalue weighted by Crippen LogP contribution is 2.17. The first-order valence-corrected chi connectivity index (χ1v) is 10.2. The van der Waals surface area contributed by atoms with E-state index in [-0.39, 0.29) is 24.5 Å². The standard InChI is InChI=1S/C24H32N2O3/c1-6-19(4)25-24(28)20(5)26(15-21-13-11-17(2)12-14-21)23(27)16-29-22-10-8-7-9-18(22)3/h7-14,19-20H,6,15-16H2,1-5H3,(H,25,28)/t19-,20-/m0/s1. The molecule has 156 valence electrons. The van der Waals surface area contributed by atoms with Gasteiger partial charge in [0.2, 0.25) is 5.91 Å². The Bertz CT molecular complexity index is 817. The number of para-hydroxylation sites is 1. The molecule has 2 aromatic carbocycles. The zero-order valence-corrected chi connectivity index (χ0v) is 18.1. The molecule has 0 aromatic heterocycles. The summed E-state index contributed by atoms with van der Waals surface area (Å²) in [6.07, 6.45) is 0.834. The number of amides is 2. The van der Waals surface area contributed by atoms with Crippen LogP contribution in [0, 0.1) is 13.8 Å². The van der Waals surface area contributed by atoms with Crippen molar-refractivity contribution in [2.75, 3.05) is 6.61 Å². The first kappa shape index (κ1) is 22.5. The molecule has 0 bridgehead atoms. The second kappa shape index (κ2) is 10.6. The molecule has 0 unspecified atom stereocenters. The SMILES string of the molecule is CC[C@H](C)NC(=O)[C@H](C)N(Cc1ccc(C)cc1)C(=O)COc1ccccc1C. The third-order valence-electron chi connectivity index (χ3n) is 5.09. The van der Waals surface area contributed by atoms with Crippen molar-refractivity contribution in [1.29, 1.82) is 0 Å².